The fourth-order valence-electron chi connectivity index (χ4n) is 7.00. The molecule has 4 rings (SSSR count). The maximum atomic E-state index is 16.7. The summed E-state index contributed by atoms with van der Waals surface area (Å²) in [6.45, 7) is 7.43. The summed E-state index contributed by atoms with van der Waals surface area (Å²) in [5, 5.41) is 0. The summed E-state index contributed by atoms with van der Waals surface area (Å²) in [5.74, 6) is -0.850. The SMILES string of the molecule is CC(=O)[C@H]1CC[C@H]2[C@@H]3C[C@H](C)C4=CC(=O)C=C[C@]4(C)[C@@]3(F)C(=O)C[C@]12C. The van der Waals surface area contributed by atoms with E-state index in [0.29, 0.717) is 6.42 Å². The van der Waals surface area contributed by atoms with Gasteiger partial charge in [0.15, 0.2) is 17.2 Å². The monoisotopic (exact) mass is 358 g/mol. The van der Waals surface area contributed by atoms with Gasteiger partial charge in [0.05, 0.1) is 0 Å². The van der Waals surface area contributed by atoms with Crippen LogP contribution in [0, 0.1) is 34.5 Å². The van der Waals surface area contributed by atoms with Crippen molar-refractivity contribution in [2.45, 2.75) is 59.0 Å². The van der Waals surface area contributed by atoms with E-state index in [-0.39, 0.29) is 41.5 Å². The molecular formula is C22H27FO3. The normalized spacial score (nSPS) is 50.0. The van der Waals surface area contributed by atoms with Gasteiger partial charge in [-0.05, 0) is 62.5 Å². The zero-order valence-corrected chi connectivity index (χ0v) is 16.0. The molecule has 0 unspecified atom stereocenters. The van der Waals surface area contributed by atoms with Crippen LogP contribution in [-0.4, -0.2) is 23.0 Å². The first-order valence-electron chi connectivity index (χ1n) is 9.73. The van der Waals surface area contributed by atoms with E-state index in [4.69, 9.17) is 0 Å². The molecule has 0 amide bonds. The van der Waals surface area contributed by atoms with Crippen LogP contribution in [0.5, 0.6) is 0 Å². The second-order valence-corrected chi connectivity index (χ2v) is 9.45. The zero-order chi connectivity index (χ0) is 19.1. The number of allylic oxidation sites excluding steroid dienone is 4. The molecule has 3 fully saturated rings. The number of fused-ring (bicyclic) bond motifs is 5. The molecule has 3 saturated carbocycles. The Hall–Kier alpha value is -1.58. The van der Waals surface area contributed by atoms with Crippen molar-refractivity contribution in [1.29, 1.82) is 0 Å². The molecule has 3 nitrogen and oxygen atoms in total. The molecule has 0 aromatic rings. The molecule has 7 atom stereocenters. The number of rotatable bonds is 1. The topological polar surface area (TPSA) is 51.2 Å². The van der Waals surface area contributed by atoms with E-state index >= 15 is 4.39 Å². The van der Waals surface area contributed by atoms with Gasteiger partial charge in [0.1, 0.15) is 5.78 Å². The second kappa shape index (κ2) is 5.24. The van der Waals surface area contributed by atoms with E-state index in [1.807, 2.05) is 13.8 Å². The number of hydrogen-bond acceptors (Lipinski definition) is 3. The van der Waals surface area contributed by atoms with Crippen LogP contribution in [0.15, 0.2) is 23.8 Å². The Morgan fingerprint density at radius 1 is 1.19 bits per heavy atom. The minimum Gasteiger partial charge on any atom is -0.300 e. The minimum absolute atomic E-state index is 0.0333. The molecule has 140 valence electrons. The van der Waals surface area contributed by atoms with Crippen molar-refractivity contribution in [3.63, 3.8) is 0 Å². The molecule has 0 saturated heterocycles. The van der Waals surface area contributed by atoms with Crippen LogP contribution in [-0.2, 0) is 14.4 Å². The lowest BCUT2D eigenvalue weighted by molar-refractivity contribution is -0.169. The summed E-state index contributed by atoms with van der Waals surface area (Å²) in [5.41, 5.74) is -2.73. The summed E-state index contributed by atoms with van der Waals surface area (Å²) in [7, 11) is 0. The number of hydrogen-bond donors (Lipinski definition) is 0. The first kappa shape index (κ1) is 17.8. The molecule has 0 aromatic carbocycles. The first-order chi connectivity index (χ1) is 12.1. The van der Waals surface area contributed by atoms with Gasteiger partial charge in [-0.1, -0.05) is 25.5 Å². The molecule has 0 aliphatic heterocycles. The van der Waals surface area contributed by atoms with Crippen LogP contribution in [0.4, 0.5) is 4.39 Å². The lowest BCUT2D eigenvalue weighted by atomic mass is 9.44. The van der Waals surface area contributed by atoms with Crippen molar-refractivity contribution in [2.75, 3.05) is 0 Å². The van der Waals surface area contributed by atoms with Crippen LogP contribution in [0.1, 0.15) is 53.4 Å². The van der Waals surface area contributed by atoms with Crippen LogP contribution < -0.4 is 0 Å². The predicted molar refractivity (Wildman–Crippen MR) is 96.1 cm³/mol. The van der Waals surface area contributed by atoms with Crippen molar-refractivity contribution in [3.05, 3.63) is 23.8 Å². The fraction of sp³-hybridized carbons (Fsp3) is 0.682. The minimum atomic E-state index is -1.99. The van der Waals surface area contributed by atoms with E-state index in [0.717, 1.165) is 18.4 Å². The van der Waals surface area contributed by atoms with Gasteiger partial charge >= 0.3 is 0 Å². The highest BCUT2D eigenvalue weighted by Crippen LogP contribution is 2.68. The van der Waals surface area contributed by atoms with E-state index in [2.05, 4.69) is 0 Å². The number of carbonyl (C=O) groups excluding carboxylic acids is 3. The van der Waals surface area contributed by atoms with Crippen LogP contribution in [0.25, 0.3) is 0 Å². The molecule has 0 radical (unpaired) electrons. The second-order valence-electron chi connectivity index (χ2n) is 9.45. The first-order valence-corrected chi connectivity index (χ1v) is 9.73. The highest BCUT2D eigenvalue weighted by Gasteiger charge is 2.71. The average molecular weight is 358 g/mol. The van der Waals surface area contributed by atoms with E-state index in [1.54, 1.807) is 19.9 Å². The molecular weight excluding hydrogens is 331 g/mol. The molecule has 0 aromatic heterocycles. The van der Waals surface area contributed by atoms with Crippen molar-refractivity contribution in [2.24, 2.45) is 34.5 Å². The van der Waals surface area contributed by atoms with E-state index in [1.165, 1.54) is 12.2 Å². The summed E-state index contributed by atoms with van der Waals surface area (Å²) < 4.78 is 16.7. The van der Waals surface area contributed by atoms with Gasteiger partial charge in [-0.2, -0.15) is 0 Å². The molecule has 0 N–H and O–H groups in total. The molecule has 0 heterocycles. The molecule has 0 bridgehead atoms. The highest BCUT2D eigenvalue weighted by atomic mass is 19.1. The highest BCUT2D eigenvalue weighted by molar-refractivity contribution is 6.02. The maximum Gasteiger partial charge on any atom is 0.184 e. The molecule has 0 spiro atoms. The zero-order valence-electron chi connectivity index (χ0n) is 16.0. The number of ketones is 3. The third-order valence-electron chi connectivity index (χ3n) is 8.22. The molecule has 26 heavy (non-hydrogen) atoms. The van der Waals surface area contributed by atoms with Crippen molar-refractivity contribution in [3.8, 4) is 0 Å². The van der Waals surface area contributed by atoms with Crippen molar-refractivity contribution >= 4 is 17.3 Å². The van der Waals surface area contributed by atoms with Crippen molar-refractivity contribution in [1.82, 2.24) is 0 Å². The standard InChI is InChI=1S/C22H27FO3/c1-12-9-18-16-6-5-15(13(2)24)20(16,3)11-19(26)22(18,23)21(4)8-7-14(25)10-17(12)21/h7-8,10,12,15-16,18H,5-6,9,11H2,1-4H3/t12-,15+,16-,18-,20+,21-,22-/m0/s1. The average Bonchev–Trinajstić information content (AvgIpc) is 2.89. The molecule has 4 heteroatoms. The summed E-state index contributed by atoms with van der Waals surface area (Å²) in [4.78, 5) is 37.4. The van der Waals surface area contributed by atoms with Gasteiger partial charge in [-0.25, -0.2) is 4.39 Å². The van der Waals surface area contributed by atoms with Gasteiger partial charge < -0.3 is 0 Å². The van der Waals surface area contributed by atoms with E-state index in [9.17, 15) is 14.4 Å². The Bertz CT molecular complexity index is 780. The lowest BCUT2D eigenvalue weighted by Gasteiger charge is -2.60. The summed E-state index contributed by atoms with van der Waals surface area (Å²) in [6.07, 6.45) is 6.81. The van der Waals surface area contributed by atoms with Crippen LogP contribution in [0.2, 0.25) is 0 Å². The van der Waals surface area contributed by atoms with Crippen LogP contribution >= 0.6 is 0 Å². The van der Waals surface area contributed by atoms with Gasteiger partial charge in [-0.3, -0.25) is 14.4 Å². The lowest BCUT2D eigenvalue weighted by Crippen LogP contribution is -2.66. The third kappa shape index (κ3) is 1.91. The maximum absolute atomic E-state index is 16.7. The Morgan fingerprint density at radius 3 is 2.54 bits per heavy atom. The van der Waals surface area contributed by atoms with Crippen LogP contribution in [0.3, 0.4) is 0 Å². The smallest absolute Gasteiger partial charge is 0.184 e. The van der Waals surface area contributed by atoms with Crippen molar-refractivity contribution < 1.29 is 18.8 Å². The Kier molecular flexibility index (Phi) is 3.59. The molecule has 4 aliphatic rings. The number of Topliss-reactive ketones (excluding diaryl/α,β-unsaturated/α-hetero) is 2. The fourth-order valence-corrected chi connectivity index (χ4v) is 7.00. The number of carbonyl (C=O) groups is 3. The predicted octanol–water partition coefficient (Wildman–Crippen LogP) is 4.02. The molecule has 4 aliphatic carbocycles. The Labute approximate surface area is 154 Å². The van der Waals surface area contributed by atoms with Gasteiger partial charge in [-0.15, -0.1) is 0 Å². The van der Waals surface area contributed by atoms with Gasteiger partial charge in [0, 0.05) is 23.7 Å². The number of halogens is 1. The van der Waals surface area contributed by atoms with Gasteiger partial charge in [0.25, 0.3) is 0 Å². The third-order valence-corrected chi connectivity index (χ3v) is 8.22. The summed E-state index contributed by atoms with van der Waals surface area (Å²) in [6, 6.07) is 0. The number of alkyl halides is 1. The quantitative estimate of drug-likeness (QED) is 0.711. The summed E-state index contributed by atoms with van der Waals surface area (Å²) >= 11 is 0. The Morgan fingerprint density at radius 2 is 1.88 bits per heavy atom. The largest absolute Gasteiger partial charge is 0.300 e. The Balaban J connectivity index is 1.85. The van der Waals surface area contributed by atoms with Gasteiger partial charge in [0.2, 0.25) is 0 Å². The van der Waals surface area contributed by atoms with E-state index < -0.39 is 22.4 Å².